The molecule has 1 aliphatic rings. The molecule has 3 heterocycles. The standard InChI is InChI=1S/C20H20O4S3/c1-13-4-5-15-14(10-13)11-17(25-15)16-6-7-18(26-16)20(12-19(21)22)8-2-3-9-27(20,23)24/h4-7,10-11H,2-3,8-9,12H2,1H3,(H,21,22)/t20-/m0/s1. The zero-order chi connectivity index (χ0) is 19.2. The van der Waals surface area contributed by atoms with Crippen LogP contribution in [0.4, 0.5) is 0 Å². The van der Waals surface area contributed by atoms with Crippen molar-refractivity contribution in [3.8, 4) is 9.75 Å². The normalized spacial score (nSPS) is 22.1. The third kappa shape index (κ3) is 3.22. The molecule has 0 aliphatic carbocycles. The van der Waals surface area contributed by atoms with Crippen LogP contribution in [0.5, 0.6) is 0 Å². The largest absolute Gasteiger partial charge is 0.481 e. The first-order valence-corrected chi connectivity index (χ1v) is 12.1. The van der Waals surface area contributed by atoms with Crippen molar-refractivity contribution in [3.05, 3.63) is 46.8 Å². The first-order chi connectivity index (χ1) is 12.8. The van der Waals surface area contributed by atoms with E-state index >= 15 is 0 Å². The lowest BCUT2D eigenvalue weighted by Gasteiger charge is -2.34. The fourth-order valence-corrected chi connectivity index (χ4v) is 8.76. The second kappa shape index (κ2) is 6.72. The monoisotopic (exact) mass is 420 g/mol. The number of hydrogen-bond acceptors (Lipinski definition) is 5. The van der Waals surface area contributed by atoms with Crippen LogP contribution in [0.3, 0.4) is 0 Å². The van der Waals surface area contributed by atoms with Gasteiger partial charge in [-0.3, -0.25) is 4.79 Å². The number of rotatable bonds is 4. The molecule has 7 heteroatoms. The van der Waals surface area contributed by atoms with E-state index in [9.17, 15) is 18.3 Å². The Morgan fingerprint density at radius 2 is 1.93 bits per heavy atom. The van der Waals surface area contributed by atoms with Crippen molar-refractivity contribution in [1.82, 2.24) is 0 Å². The first-order valence-electron chi connectivity index (χ1n) is 8.86. The smallest absolute Gasteiger partial charge is 0.305 e. The van der Waals surface area contributed by atoms with E-state index in [0.717, 1.165) is 16.2 Å². The minimum atomic E-state index is -3.50. The van der Waals surface area contributed by atoms with Gasteiger partial charge in [-0.05, 0) is 49.4 Å². The Hall–Kier alpha value is -1.70. The lowest BCUT2D eigenvalue weighted by Crippen LogP contribution is -2.41. The topological polar surface area (TPSA) is 71.4 Å². The molecule has 1 N–H and O–H groups in total. The lowest BCUT2D eigenvalue weighted by atomic mass is 9.95. The molecule has 142 valence electrons. The number of aryl methyl sites for hydroxylation is 1. The molecule has 1 aromatic carbocycles. The van der Waals surface area contributed by atoms with E-state index in [0.29, 0.717) is 17.7 Å². The van der Waals surface area contributed by atoms with Crippen LogP contribution in [0, 0.1) is 6.92 Å². The van der Waals surface area contributed by atoms with Gasteiger partial charge < -0.3 is 5.11 Å². The van der Waals surface area contributed by atoms with Gasteiger partial charge in [0.15, 0.2) is 9.84 Å². The van der Waals surface area contributed by atoms with E-state index in [1.807, 2.05) is 12.1 Å². The van der Waals surface area contributed by atoms with Crippen molar-refractivity contribution in [1.29, 1.82) is 0 Å². The SMILES string of the molecule is Cc1ccc2sc(-c3ccc([C@@]4(CC(=O)O)CCCCS4(=O)=O)s3)cc2c1. The van der Waals surface area contributed by atoms with Crippen molar-refractivity contribution < 1.29 is 18.3 Å². The summed E-state index contributed by atoms with van der Waals surface area (Å²) < 4.78 is 25.7. The predicted octanol–water partition coefficient (Wildman–Crippen LogP) is 5.21. The lowest BCUT2D eigenvalue weighted by molar-refractivity contribution is -0.137. The van der Waals surface area contributed by atoms with Gasteiger partial charge in [0.1, 0.15) is 4.75 Å². The molecule has 0 saturated carbocycles. The highest BCUT2D eigenvalue weighted by atomic mass is 32.2. The first kappa shape index (κ1) is 18.7. The number of carboxylic acids is 1. The molecule has 1 atom stereocenters. The van der Waals surface area contributed by atoms with E-state index in [1.165, 1.54) is 27.0 Å². The Morgan fingerprint density at radius 3 is 2.67 bits per heavy atom. The Morgan fingerprint density at radius 1 is 1.11 bits per heavy atom. The highest BCUT2D eigenvalue weighted by molar-refractivity contribution is 7.92. The van der Waals surface area contributed by atoms with Gasteiger partial charge in [0.05, 0.1) is 12.2 Å². The average Bonchev–Trinajstić information content (AvgIpc) is 3.22. The summed E-state index contributed by atoms with van der Waals surface area (Å²) >= 11 is 3.10. The molecular formula is C20H20O4S3. The van der Waals surface area contributed by atoms with E-state index in [2.05, 4.69) is 31.2 Å². The fraction of sp³-hybridized carbons (Fsp3) is 0.350. The molecule has 1 saturated heterocycles. The Balaban J connectivity index is 1.79. The second-order valence-electron chi connectivity index (χ2n) is 7.16. The molecule has 1 fully saturated rings. The number of hydrogen-bond donors (Lipinski definition) is 1. The van der Waals surface area contributed by atoms with Crippen molar-refractivity contribution in [2.24, 2.45) is 0 Å². The van der Waals surface area contributed by atoms with Gasteiger partial charge in [-0.25, -0.2) is 8.42 Å². The maximum absolute atomic E-state index is 12.9. The Labute approximate surface area is 166 Å². The molecule has 3 aromatic rings. The average molecular weight is 421 g/mol. The number of thiophene rings is 2. The van der Waals surface area contributed by atoms with Crippen LogP contribution in [0.1, 0.15) is 36.1 Å². The molecule has 2 aromatic heterocycles. The molecule has 4 nitrogen and oxygen atoms in total. The van der Waals surface area contributed by atoms with Crippen molar-refractivity contribution >= 4 is 48.6 Å². The van der Waals surface area contributed by atoms with Crippen LogP contribution in [0.2, 0.25) is 0 Å². The molecule has 1 aliphatic heterocycles. The molecule has 4 rings (SSSR count). The van der Waals surface area contributed by atoms with Crippen LogP contribution >= 0.6 is 22.7 Å². The minimum absolute atomic E-state index is 0.0652. The highest BCUT2D eigenvalue weighted by Gasteiger charge is 2.49. The zero-order valence-electron chi connectivity index (χ0n) is 14.9. The maximum atomic E-state index is 12.9. The molecule has 0 spiro atoms. The summed E-state index contributed by atoms with van der Waals surface area (Å²) in [5.74, 6) is -0.997. The van der Waals surface area contributed by atoms with Crippen molar-refractivity contribution in [2.45, 2.75) is 37.4 Å². The van der Waals surface area contributed by atoms with Gasteiger partial charge in [-0.1, -0.05) is 24.1 Å². The second-order valence-corrected chi connectivity index (χ2v) is 11.7. The maximum Gasteiger partial charge on any atom is 0.305 e. The summed E-state index contributed by atoms with van der Waals surface area (Å²) in [6.45, 7) is 2.06. The van der Waals surface area contributed by atoms with Crippen LogP contribution < -0.4 is 0 Å². The molecule has 0 radical (unpaired) electrons. The van der Waals surface area contributed by atoms with E-state index < -0.39 is 20.6 Å². The highest BCUT2D eigenvalue weighted by Crippen LogP contribution is 2.48. The number of benzene rings is 1. The van der Waals surface area contributed by atoms with E-state index in [-0.39, 0.29) is 12.2 Å². The van der Waals surface area contributed by atoms with Gasteiger partial charge in [-0.15, -0.1) is 22.7 Å². The summed E-state index contributed by atoms with van der Waals surface area (Å²) in [7, 11) is -3.50. The van der Waals surface area contributed by atoms with Crippen LogP contribution in [0.15, 0.2) is 36.4 Å². The van der Waals surface area contributed by atoms with E-state index in [1.54, 1.807) is 11.3 Å². The predicted molar refractivity (Wildman–Crippen MR) is 111 cm³/mol. The summed E-state index contributed by atoms with van der Waals surface area (Å²) in [6, 6.07) is 12.2. The van der Waals surface area contributed by atoms with E-state index in [4.69, 9.17) is 0 Å². The van der Waals surface area contributed by atoms with Gasteiger partial charge >= 0.3 is 5.97 Å². The van der Waals surface area contributed by atoms with Gasteiger partial charge in [0.2, 0.25) is 0 Å². The van der Waals surface area contributed by atoms with Crippen molar-refractivity contribution in [3.63, 3.8) is 0 Å². The summed E-state index contributed by atoms with van der Waals surface area (Å²) in [4.78, 5) is 14.2. The molecular weight excluding hydrogens is 400 g/mol. The Kier molecular flexibility index (Phi) is 4.64. The van der Waals surface area contributed by atoms with Crippen LogP contribution in [-0.2, 0) is 19.4 Å². The van der Waals surface area contributed by atoms with Gasteiger partial charge in [0, 0.05) is 19.3 Å². The fourth-order valence-electron chi connectivity index (χ4n) is 3.86. The molecule has 0 amide bonds. The van der Waals surface area contributed by atoms with Crippen molar-refractivity contribution in [2.75, 3.05) is 5.75 Å². The summed E-state index contributed by atoms with van der Waals surface area (Å²) in [5.41, 5.74) is 1.20. The van der Waals surface area contributed by atoms with Crippen LogP contribution in [0.25, 0.3) is 19.8 Å². The number of sulfone groups is 1. The molecule has 0 bridgehead atoms. The zero-order valence-corrected chi connectivity index (χ0v) is 17.3. The third-order valence-corrected chi connectivity index (χ3v) is 10.6. The molecule has 0 unspecified atom stereocenters. The molecule has 27 heavy (non-hydrogen) atoms. The number of carbonyl (C=O) groups is 1. The summed E-state index contributed by atoms with van der Waals surface area (Å²) in [6.07, 6.45) is 1.37. The summed E-state index contributed by atoms with van der Waals surface area (Å²) in [5, 5.41) is 10.6. The van der Waals surface area contributed by atoms with Gasteiger partial charge in [-0.2, -0.15) is 0 Å². The number of aliphatic carboxylic acids is 1. The number of fused-ring (bicyclic) bond motifs is 1. The Bertz CT molecular complexity index is 1120. The van der Waals surface area contributed by atoms with Gasteiger partial charge in [0.25, 0.3) is 0 Å². The van der Waals surface area contributed by atoms with Crippen LogP contribution in [-0.4, -0.2) is 25.2 Å². The quantitative estimate of drug-likeness (QED) is 0.629. The third-order valence-electron chi connectivity index (χ3n) is 5.25. The number of carboxylic acid groups (broad SMARTS) is 1. The minimum Gasteiger partial charge on any atom is -0.481 e.